The van der Waals surface area contributed by atoms with Gasteiger partial charge in [-0.15, -0.1) is 0 Å². The lowest BCUT2D eigenvalue weighted by molar-refractivity contribution is -0.384. The lowest BCUT2D eigenvalue weighted by Gasteiger charge is -2.37. The van der Waals surface area contributed by atoms with Gasteiger partial charge in [0.2, 0.25) is 0 Å². The van der Waals surface area contributed by atoms with Crippen LogP contribution in [0, 0.1) is 10.1 Å². The van der Waals surface area contributed by atoms with Crippen molar-refractivity contribution in [3.8, 4) is 0 Å². The second-order valence-electron chi connectivity index (χ2n) is 7.71. The van der Waals surface area contributed by atoms with Crippen molar-refractivity contribution in [3.05, 3.63) is 75.8 Å². The fourth-order valence-corrected chi connectivity index (χ4v) is 3.77. The minimum absolute atomic E-state index is 0.0249. The molecule has 1 aliphatic heterocycles. The molecule has 0 aromatic heterocycles. The number of hydrogen-bond acceptors (Lipinski definition) is 5. The molecule has 7 nitrogen and oxygen atoms in total. The summed E-state index contributed by atoms with van der Waals surface area (Å²) < 4.78 is 0. The smallest absolute Gasteiger partial charge is 0.269 e. The minimum Gasteiger partial charge on any atom is -0.344 e. The van der Waals surface area contributed by atoms with Crippen LogP contribution >= 0.6 is 0 Å². The van der Waals surface area contributed by atoms with Crippen LogP contribution in [0.3, 0.4) is 0 Å². The third-order valence-electron chi connectivity index (χ3n) is 5.63. The number of amides is 1. The first-order chi connectivity index (χ1) is 13.9. The van der Waals surface area contributed by atoms with E-state index in [1.807, 2.05) is 30.3 Å². The third kappa shape index (κ3) is 5.62. The largest absolute Gasteiger partial charge is 0.344 e. The van der Waals surface area contributed by atoms with Crippen LogP contribution in [0.4, 0.5) is 5.69 Å². The summed E-state index contributed by atoms with van der Waals surface area (Å²) in [6, 6.07) is 16.0. The van der Waals surface area contributed by atoms with Crippen LogP contribution in [0.1, 0.15) is 34.8 Å². The van der Waals surface area contributed by atoms with Crippen LogP contribution in [-0.4, -0.2) is 60.4 Å². The minimum atomic E-state index is -0.467. The molecule has 7 heteroatoms. The van der Waals surface area contributed by atoms with Gasteiger partial charge in [-0.05, 0) is 57.7 Å². The van der Waals surface area contributed by atoms with Gasteiger partial charge in [0.25, 0.3) is 11.6 Å². The van der Waals surface area contributed by atoms with E-state index in [9.17, 15) is 14.9 Å². The zero-order valence-electron chi connectivity index (χ0n) is 17.0. The highest BCUT2D eigenvalue weighted by atomic mass is 16.6. The molecule has 1 aliphatic rings. The van der Waals surface area contributed by atoms with E-state index >= 15 is 0 Å². The molecular weight excluding hydrogens is 368 g/mol. The predicted molar refractivity (Wildman–Crippen MR) is 113 cm³/mol. The molecule has 1 atom stereocenters. The van der Waals surface area contributed by atoms with Crippen molar-refractivity contribution in [2.45, 2.75) is 24.9 Å². The SMILES string of the molecule is CN1CCC(N(C)CC(NC(=O)c2ccc([N+](=O)[O-])cc2)c2ccccc2)CC1. The van der Waals surface area contributed by atoms with Crippen molar-refractivity contribution in [3.63, 3.8) is 0 Å². The Kier molecular flexibility index (Phi) is 6.95. The molecule has 0 saturated carbocycles. The number of carbonyl (C=O) groups excluding carboxylic acids is 1. The van der Waals surface area contributed by atoms with E-state index in [1.54, 1.807) is 0 Å². The average molecular weight is 396 g/mol. The van der Waals surface area contributed by atoms with Gasteiger partial charge < -0.3 is 15.1 Å². The fourth-order valence-electron chi connectivity index (χ4n) is 3.77. The highest BCUT2D eigenvalue weighted by molar-refractivity contribution is 5.94. The van der Waals surface area contributed by atoms with Crippen LogP contribution in [0.5, 0.6) is 0 Å². The molecule has 1 amide bonds. The number of likely N-dealkylation sites (N-methyl/N-ethyl adjacent to an activating group) is 1. The first kappa shape index (κ1) is 21.0. The Morgan fingerprint density at radius 3 is 2.38 bits per heavy atom. The zero-order chi connectivity index (χ0) is 20.8. The quantitative estimate of drug-likeness (QED) is 0.575. The summed E-state index contributed by atoms with van der Waals surface area (Å²) >= 11 is 0. The van der Waals surface area contributed by atoms with Crippen LogP contribution in [-0.2, 0) is 0 Å². The normalized spacial score (nSPS) is 16.5. The predicted octanol–water partition coefficient (Wildman–Crippen LogP) is 3.09. The van der Waals surface area contributed by atoms with Crippen molar-refractivity contribution in [1.29, 1.82) is 0 Å². The highest BCUT2D eigenvalue weighted by Gasteiger charge is 2.24. The lowest BCUT2D eigenvalue weighted by Crippen LogP contribution is -2.45. The average Bonchev–Trinajstić information content (AvgIpc) is 2.74. The topological polar surface area (TPSA) is 78.7 Å². The molecule has 1 unspecified atom stereocenters. The molecule has 2 aromatic carbocycles. The number of nitro groups is 1. The third-order valence-corrected chi connectivity index (χ3v) is 5.63. The van der Waals surface area contributed by atoms with E-state index < -0.39 is 4.92 Å². The van der Waals surface area contributed by atoms with E-state index in [0.717, 1.165) is 31.5 Å². The Bertz CT molecular complexity index is 818. The molecule has 1 heterocycles. The van der Waals surface area contributed by atoms with Crippen LogP contribution in [0.2, 0.25) is 0 Å². The summed E-state index contributed by atoms with van der Waals surface area (Å²) in [6.07, 6.45) is 2.23. The Balaban J connectivity index is 1.72. The fraction of sp³-hybridized carbons (Fsp3) is 0.409. The second-order valence-corrected chi connectivity index (χ2v) is 7.71. The number of rotatable bonds is 7. The number of hydrogen-bond donors (Lipinski definition) is 1. The van der Waals surface area contributed by atoms with Crippen molar-refractivity contribution >= 4 is 11.6 Å². The molecule has 1 fully saturated rings. The van der Waals surface area contributed by atoms with E-state index in [2.05, 4.69) is 29.2 Å². The molecule has 3 rings (SSSR count). The van der Waals surface area contributed by atoms with Crippen molar-refractivity contribution in [2.75, 3.05) is 33.7 Å². The van der Waals surface area contributed by atoms with Crippen molar-refractivity contribution < 1.29 is 9.72 Å². The molecule has 0 radical (unpaired) electrons. The molecule has 154 valence electrons. The van der Waals surface area contributed by atoms with E-state index in [1.165, 1.54) is 24.3 Å². The van der Waals surface area contributed by atoms with Gasteiger partial charge in [-0.1, -0.05) is 30.3 Å². The Morgan fingerprint density at radius 1 is 1.17 bits per heavy atom. The standard InChI is InChI=1S/C22H28N4O3/c1-24-14-12-19(13-15-24)25(2)16-21(17-6-4-3-5-7-17)23-22(27)18-8-10-20(11-9-18)26(28)29/h3-11,19,21H,12-16H2,1-2H3,(H,23,27). The lowest BCUT2D eigenvalue weighted by atomic mass is 10.0. The van der Waals surface area contributed by atoms with Gasteiger partial charge in [0, 0.05) is 30.3 Å². The summed E-state index contributed by atoms with van der Waals surface area (Å²) in [5.74, 6) is -0.231. The van der Waals surface area contributed by atoms with Gasteiger partial charge >= 0.3 is 0 Å². The van der Waals surface area contributed by atoms with Crippen LogP contribution < -0.4 is 5.32 Å². The van der Waals surface area contributed by atoms with Gasteiger partial charge in [0.1, 0.15) is 0 Å². The molecule has 29 heavy (non-hydrogen) atoms. The van der Waals surface area contributed by atoms with Gasteiger partial charge in [-0.3, -0.25) is 14.9 Å². The summed E-state index contributed by atoms with van der Waals surface area (Å²) in [5, 5.41) is 13.9. The summed E-state index contributed by atoms with van der Waals surface area (Å²) in [7, 11) is 4.26. The number of nitrogens with one attached hydrogen (secondary N) is 1. The number of benzene rings is 2. The van der Waals surface area contributed by atoms with E-state index in [-0.39, 0.29) is 17.6 Å². The van der Waals surface area contributed by atoms with Gasteiger partial charge in [-0.25, -0.2) is 0 Å². The maximum absolute atomic E-state index is 12.8. The Morgan fingerprint density at radius 2 is 1.79 bits per heavy atom. The first-order valence-corrected chi connectivity index (χ1v) is 9.93. The van der Waals surface area contributed by atoms with Gasteiger partial charge in [0.15, 0.2) is 0 Å². The number of likely N-dealkylation sites (tertiary alicyclic amines) is 1. The molecule has 0 aliphatic carbocycles. The van der Waals surface area contributed by atoms with Crippen LogP contribution in [0.15, 0.2) is 54.6 Å². The Labute approximate surface area is 171 Å². The van der Waals surface area contributed by atoms with Crippen molar-refractivity contribution in [1.82, 2.24) is 15.1 Å². The number of nitrogens with zero attached hydrogens (tertiary/aromatic N) is 3. The molecule has 0 bridgehead atoms. The number of nitro benzene ring substituents is 1. The molecule has 0 spiro atoms. The number of piperidine rings is 1. The molecule has 1 N–H and O–H groups in total. The molecule has 1 saturated heterocycles. The van der Waals surface area contributed by atoms with Crippen LogP contribution in [0.25, 0.3) is 0 Å². The van der Waals surface area contributed by atoms with E-state index in [0.29, 0.717) is 18.2 Å². The first-order valence-electron chi connectivity index (χ1n) is 9.93. The molecular formula is C22H28N4O3. The highest BCUT2D eigenvalue weighted by Crippen LogP contribution is 2.20. The van der Waals surface area contributed by atoms with Gasteiger partial charge in [0.05, 0.1) is 11.0 Å². The summed E-state index contributed by atoms with van der Waals surface area (Å²) in [4.78, 5) is 27.8. The summed E-state index contributed by atoms with van der Waals surface area (Å²) in [6.45, 7) is 2.87. The maximum Gasteiger partial charge on any atom is 0.269 e. The zero-order valence-corrected chi connectivity index (χ0v) is 17.0. The second kappa shape index (κ2) is 9.62. The summed E-state index contributed by atoms with van der Waals surface area (Å²) in [5.41, 5.74) is 1.43. The monoisotopic (exact) mass is 396 g/mol. The van der Waals surface area contributed by atoms with Crippen molar-refractivity contribution in [2.24, 2.45) is 0 Å². The Hall–Kier alpha value is -2.77. The molecule has 2 aromatic rings. The van der Waals surface area contributed by atoms with Gasteiger partial charge in [-0.2, -0.15) is 0 Å². The maximum atomic E-state index is 12.8. The number of carbonyl (C=O) groups is 1. The number of non-ortho nitro benzene ring substituents is 1. The van der Waals surface area contributed by atoms with E-state index in [4.69, 9.17) is 0 Å².